The van der Waals surface area contributed by atoms with E-state index in [4.69, 9.17) is 23.2 Å². The van der Waals surface area contributed by atoms with Gasteiger partial charge >= 0.3 is 0 Å². The fourth-order valence-electron chi connectivity index (χ4n) is 2.42. The van der Waals surface area contributed by atoms with Crippen molar-refractivity contribution in [3.63, 3.8) is 0 Å². The molecule has 1 N–H and O–H groups in total. The number of aryl methyl sites for hydroxylation is 1. The first-order valence-electron chi connectivity index (χ1n) is 6.82. The summed E-state index contributed by atoms with van der Waals surface area (Å²) in [7, 11) is 1.82. The SMILES string of the molecule is Cn1cc(C(=O)C(=O)Nc2cc(Cl)ccc2Cl)c2ccccc21. The van der Waals surface area contributed by atoms with Crippen LogP contribution >= 0.6 is 23.2 Å². The largest absolute Gasteiger partial charge is 0.350 e. The van der Waals surface area contributed by atoms with Gasteiger partial charge in [0.05, 0.1) is 16.3 Å². The summed E-state index contributed by atoms with van der Waals surface area (Å²) in [4.78, 5) is 24.7. The lowest BCUT2D eigenvalue weighted by atomic mass is 10.1. The Kier molecular flexibility index (Phi) is 4.11. The second-order valence-corrected chi connectivity index (χ2v) is 5.92. The van der Waals surface area contributed by atoms with Gasteiger partial charge in [-0.05, 0) is 24.3 Å². The summed E-state index contributed by atoms with van der Waals surface area (Å²) in [5, 5.41) is 3.97. The van der Waals surface area contributed by atoms with Crippen molar-refractivity contribution in [2.45, 2.75) is 0 Å². The van der Waals surface area contributed by atoms with E-state index in [9.17, 15) is 9.59 Å². The molecule has 116 valence electrons. The lowest BCUT2D eigenvalue weighted by Crippen LogP contribution is -2.22. The number of carbonyl (C=O) groups is 2. The Morgan fingerprint density at radius 3 is 2.61 bits per heavy atom. The lowest BCUT2D eigenvalue weighted by molar-refractivity contribution is -0.112. The number of nitrogens with zero attached hydrogens (tertiary/aromatic N) is 1. The number of para-hydroxylation sites is 1. The van der Waals surface area contributed by atoms with Crippen molar-refractivity contribution < 1.29 is 9.59 Å². The molecule has 1 heterocycles. The highest BCUT2D eigenvalue weighted by Gasteiger charge is 2.21. The smallest absolute Gasteiger partial charge is 0.296 e. The first-order valence-corrected chi connectivity index (χ1v) is 7.58. The molecule has 1 amide bonds. The molecule has 2 aromatic carbocycles. The quantitative estimate of drug-likeness (QED) is 0.567. The van der Waals surface area contributed by atoms with Crippen LogP contribution in [0.5, 0.6) is 0 Å². The van der Waals surface area contributed by atoms with Crippen molar-refractivity contribution in [2.75, 3.05) is 5.32 Å². The maximum atomic E-state index is 12.5. The van der Waals surface area contributed by atoms with Crippen LogP contribution in [-0.4, -0.2) is 16.3 Å². The first kappa shape index (κ1) is 15.6. The molecule has 3 rings (SSSR count). The van der Waals surface area contributed by atoms with E-state index < -0.39 is 11.7 Å². The molecule has 0 fully saturated rings. The number of rotatable bonds is 3. The Morgan fingerprint density at radius 2 is 1.83 bits per heavy atom. The van der Waals surface area contributed by atoms with Gasteiger partial charge in [-0.3, -0.25) is 9.59 Å². The number of carbonyl (C=O) groups excluding carboxylic acids is 2. The van der Waals surface area contributed by atoms with E-state index in [-0.39, 0.29) is 0 Å². The number of hydrogen-bond donors (Lipinski definition) is 1. The summed E-state index contributed by atoms with van der Waals surface area (Å²) in [6.45, 7) is 0. The topological polar surface area (TPSA) is 51.1 Å². The van der Waals surface area contributed by atoms with Crippen molar-refractivity contribution in [3.05, 3.63) is 64.3 Å². The molecule has 6 heteroatoms. The Balaban J connectivity index is 1.93. The van der Waals surface area contributed by atoms with Crippen molar-refractivity contribution in [1.29, 1.82) is 0 Å². The third-order valence-electron chi connectivity index (χ3n) is 3.52. The molecule has 0 unspecified atom stereocenters. The van der Waals surface area contributed by atoms with Crippen LogP contribution in [0.2, 0.25) is 10.0 Å². The number of amides is 1. The van der Waals surface area contributed by atoms with Gasteiger partial charge < -0.3 is 9.88 Å². The van der Waals surface area contributed by atoms with Gasteiger partial charge in [-0.2, -0.15) is 0 Å². The number of ketones is 1. The van der Waals surface area contributed by atoms with Gasteiger partial charge in [0.25, 0.3) is 11.7 Å². The zero-order valence-corrected chi connectivity index (χ0v) is 13.7. The maximum Gasteiger partial charge on any atom is 0.296 e. The summed E-state index contributed by atoms with van der Waals surface area (Å²) in [5.41, 5.74) is 1.53. The van der Waals surface area contributed by atoms with Gasteiger partial charge in [0, 0.05) is 29.2 Å². The molecule has 0 radical (unpaired) electrons. The summed E-state index contributed by atoms with van der Waals surface area (Å²) >= 11 is 11.9. The second-order valence-electron chi connectivity index (χ2n) is 5.08. The van der Waals surface area contributed by atoms with E-state index in [1.165, 1.54) is 6.07 Å². The zero-order valence-electron chi connectivity index (χ0n) is 12.1. The van der Waals surface area contributed by atoms with Gasteiger partial charge in [0.2, 0.25) is 0 Å². The molecule has 23 heavy (non-hydrogen) atoms. The minimum Gasteiger partial charge on any atom is -0.350 e. The summed E-state index contributed by atoms with van der Waals surface area (Å²) in [6, 6.07) is 12.1. The average molecular weight is 347 g/mol. The van der Waals surface area contributed by atoms with Gasteiger partial charge in [-0.15, -0.1) is 0 Å². The number of aromatic nitrogens is 1. The van der Waals surface area contributed by atoms with E-state index in [1.807, 2.05) is 35.9 Å². The van der Waals surface area contributed by atoms with Crippen LogP contribution in [0.3, 0.4) is 0 Å². The van der Waals surface area contributed by atoms with E-state index in [0.717, 1.165) is 10.9 Å². The van der Waals surface area contributed by atoms with Gasteiger partial charge in [0.1, 0.15) is 0 Å². The van der Waals surface area contributed by atoms with Crippen LogP contribution in [0.1, 0.15) is 10.4 Å². The predicted octanol–water partition coefficient (Wildman–Crippen LogP) is 4.31. The lowest BCUT2D eigenvalue weighted by Gasteiger charge is -2.06. The molecule has 0 bridgehead atoms. The van der Waals surface area contributed by atoms with E-state index in [2.05, 4.69) is 5.32 Å². The van der Waals surface area contributed by atoms with Crippen molar-refractivity contribution in [1.82, 2.24) is 4.57 Å². The van der Waals surface area contributed by atoms with Crippen LogP contribution in [0.25, 0.3) is 10.9 Å². The van der Waals surface area contributed by atoms with Crippen LogP contribution in [0.4, 0.5) is 5.69 Å². The second kappa shape index (κ2) is 6.07. The van der Waals surface area contributed by atoms with Crippen molar-refractivity contribution in [2.24, 2.45) is 7.05 Å². The molecule has 0 saturated heterocycles. The predicted molar refractivity (Wildman–Crippen MR) is 92.3 cm³/mol. The molecule has 3 aromatic rings. The average Bonchev–Trinajstić information content (AvgIpc) is 2.87. The Bertz CT molecular complexity index is 931. The third kappa shape index (κ3) is 2.96. The number of benzene rings is 2. The Hall–Kier alpha value is -2.30. The maximum absolute atomic E-state index is 12.5. The summed E-state index contributed by atoms with van der Waals surface area (Å²) in [6.07, 6.45) is 1.64. The molecule has 4 nitrogen and oxygen atoms in total. The van der Waals surface area contributed by atoms with Crippen molar-refractivity contribution >= 4 is 51.5 Å². The molecule has 0 saturated carbocycles. The Morgan fingerprint density at radius 1 is 1.09 bits per heavy atom. The molecule has 0 atom stereocenters. The number of halogens is 2. The molecule has 1 aromatic heterocycles. The fraction of sp³-hybridized carbons (Fsp3) is 0.0588. The summed E-state index contributed by atoms with van der Waals surface area (Å²) in [5.74, 6) is -1.39. The summed E-state index contributed by atoms with van der Waals surface area (Å²) < 4.78 is 1.81. The number of Topliss-reactive ketones (excluding diaryl/α,β-unsaturated/α-hetero) is 1. The molecular formula is C17H12Cl2N2O2. The van der Waals surface area contributed by atoms with Crippen molar-refractivity contribution in [3.8, 4) is 0 Å². The highest BCUT2D eigenvalue weighted by molar-refractivity contribution is 6.49. The van der Waals surface area contributed by atoms with Crippen LogP contribution < -0.4 is 5.32 Å². The first-order chi connectivity index (χ1) is 11.0. The molecule has 0 aliphatic rings. The number of anilines is 1. The van der Waals surface area contributed by atoms with Crippen LogP contribution in [0.15, 0.2) is 48.7 Å². The van der Waals surface area contributed by atoms with Crippen LogP contribution in [-0.2, 0) is 11.8 Å². The fourth-order valence-corrected chi connectivity index (χ4v) is 2.75. The monoisotopic (exact) mass is 346 g/mol. The highest BCUT2D eigenvalue weighted by Crippen LogP contribution is 2.26. The number of hydrogen-bond acceptors (Lipinski definition) is 2. The number of nitrogens with one attached hydrogen (secondary N) is 1. The van der Waals surface area contributed by atoms with Crippen LogP contribution in [0, 0.1) is 0 Å². The normalized spacial score (nSPS) is 10.7. The van der Waals surface area contributed by atoms with E-state index >= 15 is 0 Å². The van der Waals surface area contributed by atoms with Gasteiger partial charge in [-0.1, -0.05) is 41.4 Å². The number of fused-ring (bicyclic) bond motifs is 1. The molecular weight excluding hydrogens is 335 g/mol. The zero-order chi connectivity index (χ0) is 16.6. The van der Waals surface area contributed by atoms with Gasteiger partial charge in [-0.25, -0.2) is 0 Å². The standard InChI is InChI=1S/C17H12Cl2N2O2/c1-21-9-12(11-4-2-3-5-15(11)21)16(22)17(23)20-14-8-10(18)6-7-13(14)19/h2-9H,1H3,(H,20,23). The molecule has 0 aliphatic heterocycles. The minimum absolute atomic E-state index is 0.303. The Labute approximate surface area is 142 Å². The van der Waals surface area contributed by atoms with E-state index in [0.29, 0.717) is 21.3 Å². The minimum atomic E-state index is -0.759. The highest BCUT2D eigenvalue weighted by atomic mass is 35.5. The van der Waals surface area contributed by atoms with Gasteiger partial charge in [0.15, 0.2) is 0 Å². The molecule has 0 aliphatic carbocycles. The molecule has 0 spiro atoms. The van der Waals surface area contributed by atoms with E-state index in [1.54, 1.807) is 18.3 Å². The third-order valence-corrected chi connectivity index (χ3v) is 4.09.